The smallest absolute Gasteiger partial charge is 0.177 e. The maximum Gasteiger partial charge on any atom is 0.177 e. The van der Waals surface area contributed by atoms with Crippen LogP contribution in [0.15, 0.2) is 46.9 Å². The van der Waals surface area contributed by atoms with Crippen molar-refractivity contribution in [2.75, 3.05) is 0 Å². The summed E-state index contributed by atoms with van der Waals surface area (Å²) in [5, 5.41) is 1.31. The second-order valence-corrected chi connectivity index (χ2v) is 7.04. The van der Waals surface area contributed by atoms with Crippen LogP contribution in [0.1, 0.15) is 15.2 Å². The minimum atomic E-state index is -0.296. The third-order valence-electron chi connectivity index (χ3n) is 3.12. The van der Waals surface area contributed by atoms with Crippen LogP contribution in [0, 0.1) is 5.82 Å². The average Bonchev–Trinajstić information content (AvgIpc) is 2.85. The van der Waals surface area contributed by atoms with Crippen LogP contribution in [0.25, 0.3) is 10.1 Å². The van der Waals surface area contributed by atoms with E-state index in [0.29, 0.717) is 9.90 Å². The molecule has 0 saturated heterocycles. The molecule has 0 saturated carbocycles. The Labute approximate surface area is 138 Å². The lowest BCUT2D eigenvalue weighted by molar-refractivity contribution is 0.0997. The molecule has 0 bridgehead atoms. The van der Waals surface area contributed by atoms with Gasteiger partial charge in [0, 0.05) is 20.6 Å². The van der Waals surface area contributed by atoms with E-state index in [0.717, 1.165) is 20.1 Å². The van der Waals surface area contributed by atoms with Crippen LogP contribution in [0.3, 0.4) is 0 Å². The highest BCUT2D eigenvalue weighted by atomic mass is 79.9. The Bertz CT molecular complexity index is 843. The van der Waals surface area contributed by atoms with E-state index in [1.165, 1.54) is 23.5 Å². The topological polar surface area (TPSA) is 17.1 Å². The molecule has 21 heavy (non-hydrogen) atoms. The van der Waals surface area contributed by atoms with E-state index in [2.05, 4.69) is 15.9 Å². The fourth-order valence-electron chi connectivity index (χ4n) is 2.08. The minimum Gasteiger partial charge on any atom is -0.293 e. The Morgan fingerprint density at radius 3 is 2.76 bits per heavy atom. The van der Waals surface area contributed by atoms with Gasteiger partial charge in [-0.1, -0.05) is 33.6 Å². The lowest BCUT2D eigenvalue weighted by Crippen LogP contribution is -2.01. The number of hydrogen-bond acceptors (Lipinski definition) is 2. The van der Waals surface area contributed by atoms with E-state index < -0.39 is 0 Å². The van der Waals surface area contributed by atoms with Crippen molar-refractivity contribution in [1.82, 2.24) is 0 Å². The SMILES string of the molecule is O=C(Cc1ccc(Br)cc1Cl)c1cc2cc(F)ccc2s1. The van der Waals surface area contributed by atoms with E-state index in [1.807, 2.05) is 12.1 Å². The molecule has 3 aromatic rings. The molecule has 0 aliphatic heterocycles. The molecule has 106 valence electrons. The molecule has 0 radical (unpaired) electrons. The third-order valence-corrected chi connectivity index (χ3v) is 5.12. The molecule has 0 amide bonds. The Kier molecular flexibility index (Phi) is 4.11. The van der Waals surface area contributed by atoms with Crippen molar-refractivity contribution in [3.63, 3.8) is 0 Å². The van der Waals surface area contributed by atoms with Gasteiger partial charge >= 0.3 is 0 Å². The molecule has 0 aliphatic rings. The lowest BCUT2D eigenvalue weighted by atomic mass is 10.1. The number of Topliss-reactive ketones (excluding diaryl/α,β-unsaturated/α-hetero) is 1. The number of halogens is 3. The van der Waals surface area contributed by atoms with Crippen molar-refractivity contribution >= 4 is 54.7 Å². The van der Waals surface area contributed by atoms with E-state index >= 15 is 0 Å². The van der Waals surface area contributed by atoms with Gasteiger partial charge in [-0.2, -0.15) is 0 Å². The molecule has 3 rings (SSSR count). The first kappa shape index (κ1) is 14.7. The predicted octanol–water partition coefficient (Wildman–Crippen LogP) is 5.88. The van der Waals surface area contributed by atoms with Crippen LogP contribution < -0.4 is 0 Å². The molecule has 0 aliphatic carbocycles. The van der Waals surface area contributed by atoms with E-state index in [9.17, 15) is 9.18 Å². The van der Waals surface area contributed by atoms with Gasteiger partial charge in [-0.05, 0) is 47.3 Å². The summed E-state index contributed by atoms with van der Waals surface area (Å²) < 4.78 is 15.0. The Morgan fingerprint density at radius 1 is 1.19 bits per heavy atom. The molecule has 0 fully saturated rings. The van der Waals surface area contributed by atoms with Gasteiger partial charge in [0.1, 0.15) is 5.82 Å². The lowest BCUT2D eigenvalue weighted by Gasteiger charge is -2.03. The summed E-state index contributed by atoms with van der Waals surface area (Å²) in [6.07, 6.45) is 0.238. The number of carbonyl (C=O) groups excluding carboxylic acids is 1. The Hall–Kier alpha value is -1.23. The molecular weight excluding hydrogens is 375 g/mol. The largest absolute Gasteiger partial charge is 0.293 e. The van der Waals surface area contributed by atoms with Gasteiger partial charge in [0.25, 0.3) is 0 Å². The number of thiophene rings is 1. The Balaban J connectivity index is 1.89. The zero-order valence-electron chi connectivity index (χ0n) is 10.7. The first-order valence-corrected chi connectivity index (χ1v) is 8.18. The van der Waals surface area contributed by atoms with Crippen molar-refractivity contribution in [2.24, 2.45) is 0 Å². The summed E-state index contributed by atoms with van der Waals surface area (Å²) in [4.78, 5) is 13.0. The van der Waals surface area contributed by atoms with Crippen LogP contribution >= 0.6 is 38.9 Å². The second-order valence-electron chi connectivity index (χ2n) is 4.63. The summed E-state index contributed by atoms with van der Waals surface area (Å²) in [6.45, 7) is 0. The fraction of sp³-hybridized carbons (Fsp3) is 0.0625. The summed E-state index contributed by atoms with van der Waals surface area (Å²) in [6, 6.07) is 11.7. The molecule has 0 spiro atoms. The first-order chi connectivity index (χ1) is 10.0. The number of fused-ring (bicyclic) bond motifs is 1. The van der Waals surface area contributed by atoms with Gasteiger partial charge in [-0.3, -0.25) is 4.79 Å². The summed E-state index contributed by atoms with van der Waals surface area (Å²) in [5.41, 5.74) is 0.786. The third kappa shape index (κ3) is 3.18. The van der Waals surface area contributed by atoms with Crippen LogP contribution in [0.5, 0.6) is 0 Å². The average molecular weight is 384 g/mol. The van der Waals surface area contributed by atoms with Crippen LogP contribution in [-0.4, -0.2) is 5.78 Å². The van der Waals surface area contributed by atoms with E-state index in [-0.39, 0.29) is 18.0 Å². The molecule has 5 heteroatoms. The highest BCUT2D eigenvalue weighted by Crippen LogP contribution is 2.28. The van der Waals surface area contributed by atoms with Gasteiger partial charge in [-0.25, -0.2) is 4.39 Å². The quantitative estimate of drug-likeness (QED) is 0.516. The highest BCUT2D eigenvalue weighted by molar-refractivity contribution is 9.10. The maximum absolute atomic E-state index is 13.2. The number of ketones is 1. The van der Waals surface area contributed by atoms with Gasteiger partial charge < -0.3 is 0 Å². The van der Waals surface area contributed by atoms with E-state index in [4.69, 9.17) is 11.6 Å². The molecular formula is C16H9BrClFOS. The summed E-state index contributed by atoms with van der Waals surface area (Å²) in [7, 11) is 0. The fourth-order valence-corrected chi connectivity index (χ4v) is 3.80. The molecule has 1 nitrogen and oxygen atoms in total. The second kappa shape index (κ2) is 5.87. The van der Waals surface area contributed by atoms with Crippen LogP contribution in [0.2, 0.25) is 5.02 Å². The normalized spacial score (nSPS) is 11.0. The van der Waals surface area contributed by atoms with Crippen molar-refractivity contribution in [2.45, 2.75) is 6.42 Å². The molecule has 0 N–H and O–H groups in total. The molecule has 0 unspecified atom stereocenters. The standard InChI is InChI=1S/C16H9BrClFOS/c17-11-2-1-9(13(18)8-11)6-14(20)16-7-10-5-12(19)3-4-15(10)21-16/h1-5,7-8H,6H2. The van der Waals surface area contributed by atoms with Crippen molar-refractivity contribution in [3.8, 4) is 0 Å². The van der Waals surface area contributed by atoms with Gasteiger partial charge in [0.2, 0.25) is 0 Å². The zero-order valence-corrected chi connectivity index (χ0v) is 13.9. The van der Waals surface area contributed by atoms with Gasteiger partial charge in [-0.15, -0.1) is 11.3 Å². The zero-order chi connectivity index (χ0) is 15.0. The van der Waals surface area contributed by atoms with Gasteiger partial charge in [0.15, 0.2) is 5.78 Å². The molecule has 2 aromatic carbocycles. The molecule has 0 atom stereocenters. The summed E-state index contributed by atoms with van der Waals surface area (Å²) >= 11 is 10.8. The minimum absolute atomic E-state index is 0.0131. The highest BCUT2D eigenvalue weighted by Gasteiger charge is 2.13. The monoisotopic (exact) mass is 382 g/mol. The molecule has 1 heterocycles. The van der Waals surface area contributed by atoms with Crippen molar-refractivity contribution in [3.05, 3.63) is 68.2 Å². The van der Waals surface area contributed by atoms with Gasteiger partial charge in [0.05, 0.1) is 4.88 Å². The summed E-state index contributed by atoms with van der Waals surface area (Å²) in [5.74, 6) is -0.309. The van der Waals surface area contributed by atoms with E-state index in [1.54, 1.807) is 18.2 Å². The van der Waals surface area contributed by atoms with Crippen LogP contribution in [0.4, 0.5) is 4.39 Å². The molecule has 1 aromatic heterocycles. The maximum atomic E-state index is 13.2. The number of benzene rings is 2. The Morgan fingerprint density at radius 2 is 2.00 bits per heavy atom. The first-order valence-electron chi connectivity index (χ1n) is 6.19. The van der Waals surface area contributed by atoms with Crippen molar-refractivity contribution < 1.29 is 9.18 Å². The van der Waals surface area contributed by atoms with Crippen LogP contribution in [-0.2, 0) is 6.42 Å². The number of hydrogen-bond donors (Lipinski definition) is 0. The number of rotatable bonds is 3. The predicted molar refractivity (Wildman–Crippen MR) is 89.0 cm³/mol. The number of carbonyl (C=O) groups is 1. The van der Waals surface area contributed by atoms with Crippen molar-refractivity contribution in [1.29, 1.82) is 0 Å².